The van der Waals surface area contributed by atoms with Crippen molar-refractivity contribution in [2.75, 3.05) is 31.6 Å². The van der Waals surface area contributed by atoms with Crippen molar-refractivity contribution in [1.82, 2.24) is 5.32 Å². The summed E-state index contributed by atoms with van der Waals surface area (Å²) in [5.41, 5.74) is 1.22. The van der Waals surface area contributed by atoms with Crippen LogP contribution in [-0.4, -0.2) is 32.8 Å². The van der Waals surface area contributed by atoms with Crippen LogP contribution in [0.2, 0.25) is 0 Å². The third kappa shape index (κ3) is 3.89. The standard InChI is InChI=1S/C15H22Br2N2O/c1-3-6-18-11-4-7-19(8-5-11)14-10-15(20-2)13(17)9-12(14)16/h9-11,18H,3-8H2,1-2H3. The molecule has 1 aromatic carbocycles. The van der Waals surface area contributed by atoms with E-state index in [0.29, 0.717) is 6.04 Å². The van der Waals surface area contributed by atoms with E-state index in [-0.39, 0.29) is 0 Å². The van der Waals surface area contributed by atoms with Crippen molar-refractivity contribution in [2.24, 2.45) is 0 Å². The van der Waals surface area contributed by atoms with Gasteiger partial charge in [0, 0.05) is 29.7 Å². The summed E-state index contributed by atoms with van der Waals surface area (Å²) in [6.45, 7) is 5.52. The maximum absolute atomic E-state index is 5.40. The van der Waals surface area contributed by atoms with Gasteiger partial charge in [-0.3, -0.25) is 0 Å². The van der Waals surface area contributed by atoms with E-state index in [0.717, 1.165) is 34.3 Å². The molecule has 112 valence electrons. The van der Waals surface area contributed by atoms with E-state index in [1.54, 1.807) is 7.11 Å². The molecule has 0 bridgehead atoms. The Morgan fingerprint density at radius 3 is 2.55 bits per heavy atom. The van der Waals surface area contributed by atoms with Crippen LogP contribution in [0.4, 0.5) is 5.69 Å². The van der Waals surface area contributed by atoms with Crippen LogP contribution >= 0.6 is 31.9 Å². The van der Waals surface area contributed by atoms with Gasteiger partial charge in [0.25, 0.3) is 0 Å². The molecule has 0 unspecified atom stereocenters. The summed E-state index contributed by atoms with van der Waals surface area (Å²) in [5.74, 6) is 0.884. The molecule has 1 aliphatic rings. The van der Waals surface area contributed by atoms with E-state index in [2.05, 4.69) is 61.1 Å². The second kappa shape index (κ2) is 7.66. The van der Waals surface area contributed by atoms with E-state index >= 15 is 0 Å². The molecule has 0 aromatic heterocycles. The highest BCUT2D eigenvalue weighted by atomic mass is 79.9. The van der Waals surface area contributed by atoms with E-state index in [1.165, 1.54) is 24.9 Å². The van der Waals surface area contributed by atoms with Crippen LogP contribution in [-0.2, 0) is 0 Å². The normalized spacial score (nSPS) is 16.5. The van der Waals surface area contributed by atoms with Gasteiger partial charge in [-0.25, -0.2) is 0 Å². The third-order valence-corrected chi connectivity index (χ3v) is 4.99. The van der Waals surface area contributed by atoms with Crippen LogP contribution < -0.4 is 15.0 Å². The highest BCUT2D eigenvalue weighted by molar-refractivity contribution is 9.11. The molecule has 5 heteroatoms. The first kappa shape index (κ1) is 16.1. The number of rotatable bonds is 5. The first-order valence-electron chi connectivity index (χ1n) is 7.17. The fourth-order valence-corrected chi connectivity index (χ4v) is 4.00. The summed E-state index contributed by atoms with van der Waals surface area (Å²) in [6, 6.07) is 4.84. The van der Waals surface area contributed by atoms with E-state index in [1.807, 2.05) is 0 Å². The number of ether oxygens (including phenoxy) is 1. The zero-order valence-electron chi connectivity index (χ0n) is 12.1. The number of benzene rings is 1. The Morgan fingerprint density at radius 2 is 1.95 bits per heavy atom. The van der Waals surface area contributed by atoms with Crippen LogP contribution in [0.1, 0.15) is 26.2 Å². The van der Waals surface area contributed by atoms with Gasteiger partial charge in [0.05, 0.1) is 17.3 Å². The molecule has 0 radical (unpaired) electrons. The predicted molar refractivity (Wildman–Crippen MR) is 91.9 cm³/mol. The molecular formula is C15H22Br2N2O. The Kier molecular flexibility index (Phi) is 6.18. The summed E-state index contributed by atoms with van der Waals surface area (Å²) in [7, 11) is 1.71. The smallest absolute Gasteiger partial charge is 0.135 e. The molecule has 3 nitrogen and oxygen atoms in total. The lowest BCUT2D eigenvalue weighted by Gasteiger charge is -2.34. The second-order valence-electron chi connectivity index (χ2n) is 5.15. The lowest BCUT2D eigenvalue weighted by molar-refractivity contribution is 0.408. The lowest BCUT2D eigenvalue weighted by Crippen LogP contribution is -2.42. The third-order valence-electron chi connectivity index (χ3n) is 3.74. The van der Waals surface area contributed by atoms with Gasteiger partial charge in [0.15, 0.2) is 0 Å². The van der Waals surface area contributed by atoms with Crippen molar-refractivity contribution >= 4 is 37.5 Å². The topological polar surface area (TPSA) is 24.5 Å². The monoisotopic (exact) mass is 404 g/mol. The Morgan fingerprint density at radius 1 is 1.25 bits per heavy atom. The average molecular weight is 406 g/mol. The molecule has 1 heterocycles. The van der Waals surface area contributed by atoms with E-state index in [4.69, 9.17) is 4.74 Å². The van der Waals surface area contributed by atoms with Crippen LogP contribution in [0.25, 0.3) is 0 Å². The second-order valence-corrected chi connectivity index (χ2v) is 6.86. The number of piperidine rings is 1. The molecule has 0 atom stereocenters. The Labute approximate surface area is 138 Å². The number of anilines is 1. The van der Waals surface area contributed by atoms with Crippen molar-refractivity contribution in [3.8, 4) is 5.75 Å². The first-order valence-corrected chi connectivity index (χ1v) is 8.75. The Bertz CT molecular complexity index is 446. The summed E-state index contributed by atoms with van der Waals surface area (Å²) >= 11 is 7.18. The zero-order valence-corrected chi connectivity index (χ0v) is 15.3. The predicted octanol–water partition coefficient (Wildman–Crippen LogP) is 4.19. The van der Waals surface area contributed by atoms with Crippen LogP contribution in [0.5, 0.6) is 5.75 Å². The maximum atomic E-state index is 5.40. The van der Waals surface area contributed by atoms with Crippen molar-refractivity contribution in [2.45, 2.75) is 32.2 Å². The van der Waals surface area contributed by atoms with Gasteiger partial charge in [-0.2, -0.15) is 0 Å². The minimum atomic E-state index is 0.669. The fourth-order valence-electron chi connectivity index (χ4n) is 2.59. The van der Waals surface area contributed by atoms with E-state index < -0.39 is 0 Å². The van der Waals surface area contributed by atoms with E-state index in [9.17, 15) is 0 Å². The zero-order chi connectivity index (χ0) is 14.5. The lowest BCUT2D eigenvalue weighted by atomic mass is 10.0. The van der Waals surface area contributed by atoms with Gasteiger partial charge in [0.2, 0.25) is 0 Å². The largest absolute Gasteiger partial charge is 0.495 e. The molecule has 1 N–H and O–H groups in total. The SMILES string of the molecule is CCCNC1CCN(c2cc(OC)c(Br)cc2Br)CC1. The van der Waals surface area contributed by atoms with Gasteiger partial charge in [0.1, 0.15) is 5.75 Å². The van der Waals surface area contributed by atoms with Gasteiger partial charge >= 0.3 is 0 Å². The molecule has 1 fully saturated rings. The van der Waals surface area contributed by atoms with Crippen LogP contribution in [0.3, 0.4) is 0 Å². The van der Waals surface area contributed by atoms with Crippen LogP contribution in [0, 0.1) is 0 Å². The summed E-state index contributed by atoms with van der Waals surface area (Å²) < 4.78 is 7.50. The van der Waals surface area contributed by atoms with Crippen molar-refractivity contribution < 1.29 is 4.74 Å². The molecule has 1 saturated heterocycles. The molecule has 0 saturated carbocycles. The molecule has 1 aliphatic heterocycles. The number of methoxy groups -OCH3 is 1. The number of nitrogens with zero attached hydrogens (tertiary/aromatic N) is 1. The van der Waals surface area contributed by atoms with Gasteiger partial charge in [-0.15, -0.1) is 0 Å². The molecule has 2 rings (SSSR count). The van der Waals surface area contributed by atoms with Crippen molar-refractivity contribution in [3.05, 3.63) is 21.1 Å². The van der Waals surface area contributed by atoms with Crippen LogP contribution in [0.15, 0.2) is 21.1 Å². The maximum Gasteiger partial charge on any atom is 0.135 e. The highest BCUT2D eigenvalue weighted by Crippen LogP contribution is 2.37. The number of halogens is 2. The first-order chi connectivity index (χ1) is 9.65. The summed E-state index contributed by atoms with van der Waals surface area (Å²) in [4.78, 5) is 2.43. The van der Waals surface area contributed by atoms with Gasteiger partial charge in [-0.1, -0.05) is 6.92 Å². The highest BCUT2D eigenvalue weighted by Gasteiger charge is 2.21. The molecular weight excluding hydrogens is 384 g/mol. The minimum absolute atomic E-state index is 0.669. The Balaban J connectivity index is 2.03. The Hall–Kier alpha value is -0.260. The molecule has 0 spiro atoms. The summed E-state index contributed by atoms with van der Waals surface area (Å²) in [6.07, 6.45) is 3.60. The number of hydrogen-bond donors (Lipinski definition) is 1. The average Bonchev–Trinajstić information content (AvgIpc) is 2.46. The number of hydrogen-bond acceptors (Lipinski definition) is 3. The molecule has 20 heavy (non-hydrogen) atoms. The molecule has 0 amide bonds. The quantitative estimate of drug-likeness (QED) is 0.794. The number of nitrogens with one attached hydrogen (secondary N) is 1. The minimum Gasteiger partial charge on any atom is -0.495 e. The van der Waals surface area contributed by atoms with Gasteiger partial charge < -0.3 is 15.0 Å². The van der Waals surface area contributed by atoms with Crippen molar-refractivity contribution in [3.63, 3.8) is 0 Å². The molecule has 0 aliphatic carbocycles. The molecule has 1 aromatic rings. The summed E-state index contributed by atoms with van der Waals surface area (Å²) in [5, 5.41) is 3.62. The van der Waals surface area contributed by atoms with Gasteiger partial charge in [-0.05, 0) is 63.7 Å². The van der Waals surface area contributed by atoms with Crippen molar-refractivity contribution in [1.29, 1.82) is 0 Å². The fraction of sp³-hybridized carbons (Fsp3) is 0.600.